The molecular formula is C15H28N6O7. The van der Waals surface area contributed by atoms with E-state index in [-0.39, 0.29) is 6.42 Å². The van der Waals surface area contributed by atoms with Gasteiger partial charge in [0.2, 0.25) is 23.6 Å². The molecule has 0 aromatic rings. The number of aliphatic hydroxyl groups is 1. The Balaban J connectivity index is 4.71. The van der Waals surface area contributed by atoms with E-state index in [1.54, 1.807) is 0 Å². The first-order valence-electron chi connectivity index (χ1n) is 8.57. The maximum Gasteiger partial charge on any atom is 0.326 e. The van der Waals surface area contributed by atoms with Crippen LogP contribution in [0, 0.1) is 0 Å². The number of carbonyl (C=O) groups excluding carboxylic acids is 4. The van der Waals surface area contributed by atoms with Crippen molar-refractivity contribution in [3.63, 3.8) is 0 Å². The Kier molecular flexibility index (Phi) is 12.1. The van der Waals surface area contributed by atoms with Gasteiger partial charge in [-0.25, -0.2) is 4.79 Å². The molecule has 0 bridgehead atoms. The van der Waals surface area contributed by atoms with E-state index in [0.29, 0.717) is 19.4 Å². The first kappa shape index (κ1) is 25.2. The molecule has 0 aromatic heterocycles. The number of carboxylic acid groups (broad SMARTS) is 1. The molecule has 3 atom stereocenters. The van der Waals surface area contributed by atoms with Crippen molar-refractivity contribution in [2.75, 3.05) is 19.7 Å². The molecule has 0 aliphatic carbocycles. The Morgan fingerprint density at radius 2 is 1.61 bits per heavy atom. The number of unbranched alkanes of at least 4 members (excludes halogenated alkanes) is 1. The summed E-state index contributed by atoms with van der Waals surface area (Å²) in [6, 6.07) is -3.86. The number of nitrogens with two attached hydrogens (primary N) is 3. The average Bonchev–Trinajstić information content (AvgIpc) is 2.63. The third-order valence-corrected chi connectivity index (χ3v) is 3.58. The van der Waals surface area contributed by atoms with Gasteiger partial charge in [0.15, 0.2) is 0 Å². The van der Waals surface area contributed by atoms with Crippen molar-refractivity contribution in [3.05, 3.63) is 0 Å². The van der Waals surface area contributed by atoms with Crippen LogP contribution in [0.5, 0.6) is 0 Å². The summed E-state index contributed by atoms with van der Waals surface area (Å²) >= 11 is 0. The van der Waals surface area contributed by atoms with Crippen molar-refractivity contribution in [3.8, 4) is 0 Å². The Morgan fingerprint density at radius 3 is 2.11 bits per heavy atom. The molecule has 0 fully saturated rings. The third kappa shape index (κ3) is 10.4. The molecule has 0 aliphatic heterocycles. The normalized spacial score (nSPS) is 13.7. The molecule has 0 heterocycles. The van der Waals surface area contributed by atoms with Crippen LogP contribution < -0.4 is 33.2 Å². The summed E-state index contributed by atoms with van der Waals surface area (Å²) < 4.78 is 0. The van der Waals surface area contributed by atoms with E-state index in [2.05, 4.69) is 16.0 Å². The van der Waals surface area contributed by atoms with E-state index in [1.165, 1.54) is 0 Å². The molecule has 0 saturated heterocycles. The van der Waals surface area contributed by atoms with Gasteiger partial charge >= 0.3 is 5.97 Å². The zero-order chi connectivity index (χ0) is 21.7. The highest BCUT2D eigenvalue weighted by atomic mass is 16.4. The Hall–Kier alpha value is -2.77. The highest BCUT2D eigenvalue weighted by Crippen LogP contribution is 2.00. The fourth-order valence-corrected chi connectivity index (χ4v) is 2.06. The number of rotatable bonds is 14. The van der Waals surface area contributed by atoms with Crippen LogP contribution in [-0.2, 0) is 24.0 Å². The number of primary amides is 1. The van der Waals surface area contributed by atoms with Crippen LogP contribution in [0.15, 0.2) is 0 Å². The average molecular weight is 404 g/mol. The van der Waals surface area contributed by atoms with Gasteiger partial charge in [-0.3, -0.25) is 19.2 Å². The number of hydrogen-bond acceptors (Lipinski definition) is 8. The minimum Gasteiger partial charge on any atom is -0.480 e. The van der Waals surface area contributed by atoms with Crippen LogP contribution in [0.1, 0.15) is 25.7 Å². The van der Waals surface area contributed by atoms with Crippen LogP contribution >= 0.6 is 0 Å². The van der Waals surface area contributed by atoms with Gasteiger partial charge in [0.1, 0.15) is 18.1 Å². The highest BCUT2D eigenvalue weighted by Gasteiger charge is 2.26. The Morgan fingerprint density at radius 1 is 0.964 bits per heavy atom. The molecule has 4 amide bonds. The topological polar surface area (TPSA) is 240 Å². The summed E-state index contributed by atoms with van der Waals surface area (Å²) in [5.74, 6) is -4.69. The predicted octanol–water partition coefficient (Wildman–Crippen LogP) is -4.52. The number of amides is 4. The van der Waals surface area contributed by atoms with Gasteiger partial charge < -0.3 is 43.4 Å². The second-order valence-electron chi connectivity index (χ2n) is 5.98. The number of aliphatic carboxylic acids is 1. The minimum absolute atomic E-state index is 0.172. The lowest BCUT2D eigenvalue weighted by atomic mass is 10.1. The van der Waals surface area contributed by atoms with Gasteiger partial charge in [-0.15, -0.1) is 0 Å². The second kappa shape index (κ2) is 13.4. The summed E-state index contributed by atoms with van der Waals surface area (Å²) in [5.41, 5.74) is 15.7. The molecule has 0 spiro atoms. The van der Waals surface area contributed by atoms with Gasteiger partial charge in [0, 0.05) is 0 Å². The summed E-state index contributed by atoms with van der Waals surface area (Å²) in [5, 5.41) is 24.5. The molecule has 0 aromatic carbocycles. The number of aliphatic hydroxyl groups excluding tert-OH is 1. The molecule has 13 heteroatoms. The first-order chi connectivity index (χ1) is 13.1. The van der Waals surface area contributed by atoms with E-state index in [9.17, 15) is 24.0 Å². The zero-order valence-corrected chi connectivity index (χ0v) is 15.3. The van der Waals surface area contributed by atoms with E-state index in [4.69, 9.17) is 27.4 Å². The van der Waals surface area contributed by atoms with E-state index < -0.39 is 67.3 Å². The lowest BCUT2D eigenvalue weighted by Gasteiger charge is -2.19. The zero-order valence-electron chi connectivity index (χ0n) is 15.3. The molecule has 0 aliphatic rings. The number of nitrogens with one attached hydrogen (secondary N) is 3. The standard InChI is InChI=1S/C15H28N6O7/c16-4-2-1-3-9(15(27)28)20-12(24)6-19-14(26)10(5-11(18)23)21-13(25)8(17)7-22/h8-10,22H,1-7,16-17H2,(H2,18,23)(H,19,26)(H,20,24)(H,21,25)(H,27,28). The third-order valence-electron chi connectivity index (χ3n) is 3.58. The predicted molar refractivity (Wildman–Crippen MR) is 96.3 cm³/mol. The van der Waals surface area contributed by atoms with Gasteiger partial charge in [-0.2, -0.15) is 0 Å². The van der Waals surface area contributed by atoms with Crippen LogP contribution in [0.4, 0.5) is 0 Å². The van der Waals surface area contributed by atoms with Crippen LogP contribution in [0.2, 0.25) is 0 Å². The van der Waals surface area contributed by atoms with Gasteiger partial charge in [0.25, 0.3) is 0 Å². The maximum atomic E-state index is 12.1. The van der Waals surface area contributed by atoms with Crippen molar-refractivity contribution in [2.45, 2.75) is 43.8 Å². The Bertz CT molecular complexity index is 571. The molecule has 11 N–H and O–H groups in total. The van der Waals surface area contributed by atoms with Gasteiger partial charge in [0.05, 0.1) is 19.6 Å². The van der Waals surface area contributed by atoms with Crippen molar-refractivity contribution in [1.82, 2.24) is 16.0 Å². The lowest BCUT2D eigenvalue weighted by molar-refractivity contribution is -0.142. The van der Waals surface area contributed by atoms with Crippen molar-refractivity contribution < 1.29 is 34.2 Å². The SMILES string of the molecule is NCCCCC(NC(=O)CNC(=O)C(CC(N)=O)NC(=O)C(N)CO)C(=O)O. The first-order valence-corrected chi connectivity index (χ1v) is 8.57. The number of carboxylic acids is 1. The van der Waals surface area contributed by atoms with E-state index in [0.717, 1.165) is 0 Å². The minimum atomic E-state index is -1.41. The summed E-state index contributed by atoms with van der Waals surface area (Å²) in [7, 11) is 0. The molecular weight excluding hydrogens is 376 g/mol. The van der Waals surface area contributed by atoms with Crippen LogP contribution in [0.3, 0.4) is 0 Å². The fourth-order valence-electron chi connectivity index (χ4n) is 2.06. The van der Waals surface area contributed by atoms with Crippen molar-refractivity contribution >= 4 is 29.6 Å². The largest absolute Gasteiger partial charge is 0.480 e. The fraction of sp³-hybridized carbons (Fsp3) is 0.667. The smallest absolute Gasteiger partial charge is 0.326 e. The molecule has 28 heavy (non-hydrogen) atoms. The summed E-state index contributed by atoms with van der Waals surface area (Å²) in [6.45, 7) is -0.875. The van der Waals surface area contributed by atoms with Crippen LogP contribution in [-0.4, -0.2) is 77.6 Å². The second-order valence-corrected chi connectivity index (χ2v) is 5.98. The highest BCUT2D eigenvalue weighted by molar-refractivity contribution is 5.95. The molecule has 0 saturated carbocycles. The van der Waals surface area contributed by atoms with E-state index in [1.807, 2.05) is 0 Å². The molecule has 3 unspecified atom stereocenters. The molecule has 0 rings (SSSR count). The number of hydrogen-bond donors (Lipinski definition) is 8. The number of carbonyl (C=O) groups is 5. The van der Waals surface area contributed by atoms with E-state index >= 15 is 0 Å². The van der Waals surface area contributed by atoms with Crippen molar-refractivity contribution in [1.29, 1.82) is 0 Å². The summed E-state index contributed by atoms with van der Waals surface area (Å²) in [4.78, 5) is 57.9. The lowest BCUT2D eigenvalue weighted by Crippen LogP contribution is -2.55. The maximum absolute atomic E-state index is 12.1. The van der Waals surface area contributed by atoms with Crippen molar-refractivity contribution in [2.24, 2.45) is 17.2 Å². The molecule has 160 valence electrons. The van der Waals surface area contributed by atoms with Gasteiger partial charge in [-0.1, -0.05) is 0 Å². The monoisotopic (exact) mass is 404 g/mol. The van der Waals surface area contributed by atoms with Crippen LogP contribution in [0.25, 0.3) is 0 Å². The van der Waals surface area contributed by atoms with Gasteiger partial charge in [-0.05, 0) is 25.8 Å². The quantitative estimate of drug-likeness (QED) is 0.130. The Labute approximate surface area is 161 Å². The summed E-state index contributed by atoms with van der Waals surface area (Å²) in [6.07, 6.45) is 0.707. The molecule has 0 radical (unpaired) electrons. The molecule has 13 nitrogen and oxygen atoms in total.